The quantitative estimate of drug-likeness (QED) is 0.559. The Kier molecular flexibility index (Phi) is 3.39. The van der Waals surface area contributed by atoms with Crippen molar-refractivity contribution in [2.24, 2.45) is 0 Å². The molecule has 1 rings (SSSR count). The van der Waals surface area contributed by atoms with Crippen LogP contribution in [-0.2, 0) is 5.88 Å². The molecule has 0 spiro atoms. The molecular formula is C7H4Cl2F3N. The molecule has 0 N–H and O–H groups in total. The zero-order chi connectivity index (χ0) is 10.0. The Labute approximate surface area is 82.5 Å². The third-order valence-corrected chi connectivity index (χ3v) is 1.97. The summed E-state index contributed by atoms with van der Waals surface area (Å²) >= 11 is 10.7. The highest BCUT2D eigenvalue weighted by Crippen LogP contribution is 2.27. The largest absolute Gasteiger partial charge is 0.281 e. The summed E-state index contributed by atoms with van der Waals surface area (Å²) in [6.07, 6.45) is -2.88. The number of hydrogen-bond acceptors (Lipinski definition) is 1. The van der Waals surface area contributed by atoms with Gasteiger partial charge in [-0.1, -0.05) is 11.6 Å². The van der Waals surface area contributed by atoms with Crippen LogP contribution in [0.1, 0.15) is 17.7 Å². The van der Waals surface area contributed by atoms with Crippen LogP contribution in [0.5, 0.6) is 0 Å². The van der Waals surface area contributed by atoms with Crippen molar-refractivity contribution >= 4 is 23.2 Å². The summed E-state index contributed by atoms with van der Waals surface area (Å²) in [5.41, 5.74) is -0.746. The van der Waals surface area contributed by atoms with Crippen molar-refractivity contribution < 1.29 is 13.2 Å². The monoisotopic (exact) mass is 229 g/mol. The lowest BCUT2D eigenvalue weighted by Crippen LogP contribution is -1.98. The first-order valence-corrected chi connectivity index (χ1v) is 4.16. The first-order chi connectivity index (χ1) is 6.06. The Balaban J connectivity index is 3.20. The van der Waals surface area contributed by atoms with Crippen LogP contribution in [0.3, 0.4) is 0 Å². The van der Waals surface area contributed by atoms with Gasteiger partial charge >= 0.3 is 0 Å². The summed E-state index contributed by atoms with van der Waals surface area (Å²) in [5, 5.41) is -0.271. The molecule has 0 unspecified atom stereocenters. The van der Waals surface area contributed by atoms with E-state index in [2.05, 4.69) is 4.98 Å². The molecule has 1 nitrogen and oxygen atoms in total. The summed E-state index contributed by atoms with van der Waals surface area (Å²) < 4.78 is 37.0. The average Bonchev–Trinajstić information content (AvgIpc) is 2.07. The maximum atomic E-state index is 12.8. The van der Waals surface area contributed by atoms with E-state index in [9.17, 15) is 13.2 Å². The van der Waals surface area contributed by atoms with Crippen LogP contribution in [0.15, 0.2) is 6.07 Å². The van der Waals surface area contributed by atoms with E-state index in [-0.39, 0.29) is 16.5 Å². The molecule has 0 saturated carbocycles. The summed E-state index contributed by atoms with van der Waals surface area (Å²) in [5.74, 6) is -1.16. The van der Waals surface area contributed by atoms with Gasteiger partial charge in [0.1, 0.15) is 5.69 Å². The van der Waals surface area contributed by atoms with Crippen molar-refractivity contribution in [3.63, 3.8) is 0 Å². The van der Waals surface area contributed by atoms with Gasteiger partial charge in [-0.15, -0.1) is 11.6 Å². The third-order valence-electron chi connectivity index (χ3n) is 1.38. The Morgan fingerprint density at radius 2 is 2.08 bits per heavy atom. The van der Waals surface area contributed by atoms with Crippen LogP contribution in [0, 0.1) is 5.95 Å². The number of pyridine rings is 1. The second-order valence-corrected chi connectivity index (χ2v) is 2.91. The van der Waals surface area contributed by atoms with Crippen molar-refractivity contribution in [2.45, 2.75) is 12.3 Å². The topological polar surface area (TPSA) is 12.9 Å². The molecule has 0 aliphatic carbocycles. The van der Waals surface area contributed by atoms with Crippen molar-refractivity contribution in [1.29, 1.82) is 0 Å². The minimum atomic E-state index is -2.88. The van der Waals surface area contributed by atoms with E-state index >= 15 is 0 Å². The maximum Gasteiger partial charge on any atom is 0.281 e. The van der Waals surface area contributed by atoms with E-state index in [1.54, 1.807) is 0 Å². The number of halogens is 5. The number of rotatable bonds is 2. The molecular weight excluding hydrogens is 226 g/mol. The summed E-state index contributed by atoms with van der Waals surface area (Å²) in [7, 11) is 0. The lowest BCUT2D eigenvalue weighted by atomic mass is 10.2. The van der Waals surface area contributed by atoms with Crippen LogP contribution in [0.4, 0.5) is 13.2 Å². The minimum absolute atomic E-state index is 0.0102. The molecule has 1 aromatic rings. The third kappa shape index (κ3) is 2.25. The second-order valence-electron chi connectivity index (χ2n) is 2.24. The van der Waals surface area contributed by atoms with Crippen molar-refractivity contribution in [3.8, 4) is 0 Å². The minimum Gasteiger partial charge on any atom is -0.217 e. The van der Waals surface area contributed by atoms with E-state index in [1.807, 2.05) is 0 Å². The molecule has 0 radical (unpaired) electrons. The first kappa shape index (κ1) is 10.6. The Bertz CT molecular complexity index is 317. The SMILES string of the molecule is Fc1nc(C(F)F)c(Cl)cc1CCl. The van der Waals surface area contributed by atoms with Gasteiger partial charge in [0, 0.05) is 5.56 Å². The van der Waals surface area contributed by atoms with Crippen LogP contribution in [-0.4, -0.2) is 4.98 Å². The molecule has 0 aliphatic heterocycles. The Morgan fingerprint density at radius 1 is 1.46 bits per heavy atom. The van der Waals surface area contributed by atoms with Crippen LogP contribution >= 0.6 is 23.2 Å². The zero-order valence-electron chi connectivity index (χ0n) is 6.20. The predicted molar refractivity (Wildman–Crippen MR) is 43.7 cm³/mol. The number of hydrogen-bond donors (Lipinski definition) is 0. The van der Waals surface area contributed by atoms with E-state index in [0.29, 0.717) is 0 Å². The van der Waals surface area contributed by atoms with Gasteiger partial charge < -0.3 is 0 Å². The van der Waals surface area contributed by atoms with Gasteiger partial charge in [0.25, 0.3) is 6.43 Å². The van der Waals surface area contributed by atoms with Gasteiger partial charge in [-0.05, 0) is 6.07 Å². The fraction of sp³-hybridized carbons (Fsp3) is 0.286. The molecule has 0 bridgehead atoms. The van der Waals surface area contributed by atoms with Crippen molar-refractivity contribution in [3.05, 3.63) is 28.3 Å². The average molecular weight is 230 g/mol. The molecule has 0 amide bonds. The lowest BCUT2D eigenvalue weighted by Gasteiger charge is -2.04. The molecule has 1 heterocycles. The highest BCUT2D eigenvalue weighted by Gasteiger charge is 2.17. The van der Waals surface area contributed by atoms with Crippen LogP contribution in [0.2, 0.25) is 5.02 Å². The number of aromatic nitrogens is 1. The normalized spacial score (nSPS) is 10.9. The standard InChI is InChI=1S/C7H4Cl2F3N/c8-2-3-1-4(9)5(6(10)11)13-7(3)12/h1,6H,2H2. The summed E-state index contributed by atoms with van der Waals surface area (Å²) in [4.78, 5) is 3.01. The highest BCUT2D eigenvalue weighted by molar-refractivity contribution is 6.31. The summed E-state index contributed by atoms with van der Waals surface area (Å²) in [6.45, 7) is 0. The van der Waals surface area contributed by atoms with Gasteiger partial charge in [0.05, 0.1) is 10.9 Å². The highest BCUT2D eigenvalue weighted by atomic mass is 35.5. The van der Waals surface area contributed by atoms with Gasteiger partial charge in [-0.25, -0.2) is 13.8 Å². The van der Waals surface area contributed by atoms with Gasteiger partial charge in [0.2, 0.25) is 5.95 Å². The Hall–Kier alpha value is -0.480. The first-order valence-electron chi connectivity index (χ1n) is 3.25. The van der Waals surface area contributed by atoms with Crippen molar-refractivity contribution in [1.82, 2.24) is 4.98 Å². The molecule has 1 aromatic heterocycles. The molecule has 6 heteroatoms. The summed E-state index contributed by atoms with van der Waals surface area (Å²) in [6, 6.07) is 1.05. The van der Waals surface area contributed by atoms with Crippen LogP contribution < -0.4 is 0 Å². The number of alkyl halides is 3. The second kappa shape index (κ2) is 4.15. The van der Waals surface area contributed by atoms with E-state index in [1.165, 1.54) is 0 Å². The van der Waals surface area contributed by atoms with E-state index in [4.69, 9.17) is 23.2 Å². The molecule has 0 saturated heterocycles. The smallest absolute Gasteiger partial charge is 0.217 e. The lowest BCUT2D eigenvalue weighted by molar-refractivity contribution is 0.145. The molecule has 72 valence electrons. The van der Waals surface area contributed by atoms with Crippen LogP contribution in [0.25, 0.3) is 0 Å². The fourth-order valence-corrected chi connectivity index (χ4v) is 1.21. The number of nitrogens with zero attached hydrogens (tertiary/aromatic N) is 1. The predicted octanol–water partition coefficient (Wildman–Crippen LogP) is 3.55. The maximum absolute atomic E-state index is 12.8. The molecule has 0 aromatic carbocycles. The molecule has 13 heavy (non-hydrogen) atoms. The molecule has 0 fully saturated rings. The molecule has 0 aliphatic rings. The Morgan fingerprint density at radius 3 is 2.54 bits per heavy atom. The van der Waals surface area contributed by atoms with Crippen molar-refractivity contribution in [2.75, 3.05) is 0 Å². The van der Waals surface area contributed by atoms with E-state index < -0.39 is 18.1 Å². The van der Waals surface area contributed by atoms with Gasteiger partial charge in [-0.3, -0.25) is 0 Å². The van der Waals surface area contributed by atoms with E-state index in [0.717, 1.165) is 6.07 Å². The zero-order valence-corrected chi connectivity index (χ0v) is 7.71. The van der Waals surface area contributed by atoms with Gasteiger partial charge in [0.15, 0.2) is 0 Å². The fourth-order valence-electron chi connectivity index (χ4n) is 0.764. The van der Waals surface area contributed by atoms with Gasteiger partial charge in [-0.2, -0.15) is 4.39 Å². The molecule has 0 atom stereocenters.